The molecular formula is C19H23N2O. The van der Waals surface area contributed by atoms with Gasteiger partial charge >= 0.3 is 0 Å². The van der Waals surface area contributed by atoms with E-state index in [9.17, 15) is 0 Å². The minimum absolute atomic E-state index is 0.280. The summed E-state index contributed by atoms with van der Waals surface area (Å²) in [6.07, 6.45) is 5.51. The van der Waals surface area contributed by atoms with Crippen LogP contribution in [0.4, 0.5) is 0 Å². The van der Waals surface area contributed by atoms with E-state index in [1.54, 1.807) is 0 Å². The zero-order valence-electron chi connectivity index (χ0n) is 13.3. The molecule has 3 nitrogen and oxygen atoms in total. The van der Waals surface area contributed by atoms with Crippen molar-refractivity contribution < 1.29 is 4.74 Å². The predicted molar refractivity (Wildman–Crippen MR) is 89.1 cm³/mol. The summed E-state index contributed by atoms with van der Waals surface area (Å²) in [7, 11) is 0. The van der Waals surface area contributed by atoms with Gasteiger partial charge in [-0.05, 0) is 61.2 Å². The summed E-state index contributed by atoms with van der Waals surface area (Å²) < 4.78 is 6.15. The molecule has 1 aromatic heterocycles. The fourth-order valence-electron chi connectivity index (χ4n) is 2.91. The third kappa shape index (κ3) is 3.47. The molecule has 22 heavy (non-hydrogen) atoms. The smallest absolute Gasteiger partial charge is 0.120 e. The highest BCUT2D eigenvalue weighted by Crippen LogP contribution is 2.31. The second-order valence-electron chi connectivity index (χ2n) is 6.14. The number of rotatable bonds is 4. The zero-order valence-corrected chi connectivity index (χ0v) is 13.3. The number of piperidine rings is 1. The summed E-state index contributed by atoms with van der Waals surface area (Å²) in [5.41, 5.74) is 3.41. The molecule has 1 unspecified atom stereocenters. The van der Waals surface area contributed by atoms with Gasteiger partial charge in [-0.3, -0.25) is 0 Å². The highest BCUT2D eigenvalue weighted by molar-refractivity contribution is 5.65. The molecular weight excluding hydrogens is 272 g/mol. The summed E-state index contributed by atoms with van der Waals surface area (Å²) in [6, 6.07) is 12.2. The molecule has 2 heterocycles. The lowest BCUT2D eigenvalue weighted by Gasteiger charge is -2.24. The first-order chi connectivity index (χ1) is 10.7. The Hall–Kier alpha value is -1.87. The van der Waals surface area contributed by atoms with E-state index in [2.05, 4.69) is 48.5 Å². The van der Waals surface area contributed by atoms with Gasteiger partial charge in [-0.2, -0.15) is 0 Å². The molecule has 1 radical (unpaired) electrons. The van der Waals surface area contributed by atoms with E-state index in [-0.39, 0.29) is 6.10 Å². The summed E-state index contributed by atoms with van der Waals surface area (Å²) >= 11 is 0. The molecule has 1 saturated heterocycles. The van der Waals surface area contributed by atoms with Crippen LogP contribution in [0.1, 0.15) is 38.2 Å². The van der Waals surface area contributed by atoms with Gasteiger partial charge in [0.1, 0.15) is 11.9 Å². The minimum atomic E-state index is 0.280. The van der Waals surface area contributed by atoms with Gasteiger partial charge in [-0.1, -0.05) is 19.9 Å². The molecule has 0 amide bonds. The Labute approximate surface area is 132 Å². The van der Waals surface area contributed by atoms with Crippen molar-refractivity contribution in [2.24, 2.45) is 0 Å². The van der Waals surface area contributed by atoms with Crippen molar-refractivity contribution >= 4 is 0 Å². The van der Waals surface area contributed by atoms with Crippen LogP contribution in [0.25, 0.3) is 11.3 Å². The lowest BCUT2D eigenvalue weighted by atomic mass is 9.94. The molecule has 0 aliphatic carbocycles. The van der Waals surface area contributed by atoms with Crippen LogP contribution in [-0.4, -0.2) is 24.2 Å². The van der Waals surface area contributed by atoms with Gasteiger partial charge in [0.25, 0.3) is 0 Å². The van der Waals surface area contributed by atoms with Crippen LogP contribution in [0.15, 0.2) is 36.4 Å². The van der Waals surface area contributed by atoms with Crippen LogP contribution >= 0.6 is 0 Å². The van der Waals surface area contributed by atoms with Gasteiger partial charge in [0.05, 0.1) is 11.9 Å². The number of pyridine rings is 1. The predicted octanol–water partition coefficient (Wildman–Crippen LogP) is 3.80. The topological polar surface area (TPSA) is 34.1 Å². The Balaban J connectivity index is 1.87. The Kier molecular flexibility index (Phi) is 4.74. The van der Waals surface area contributed by atoms with E-state index in [1.807, 2.05) is 18.2 Å². The van der Waals surface area contributed by atoms with E-state index in [0.717, 1.165) is 31.0 Å². The Morgan fingerprint density at radius 1 is 1.32 bits per heavy atom. The summed E-state index contributed by atoms with van der Waals surface area (Å²) in [6.45, 7) is 6.45. The molecule has 1 fully saturated rings. The molecule has 2 aromatic rings. The largest absolute Gasteiger partial charge is 0.489 e. The van der Waals surface area contributed by atoms with Crippen molar-refractivity contribution in [2.75, 3.05) is 13.1 Å². The molecule has 1 aromatic carbocycles. The maximum Gasteiger partial charge on any atom is 0.120 e. The SMILES string of the molecule is CC(C)c1cc(OC2CCCNC2)ccc1-c1ccc[c]n1. The monoisotopic (exact) mass is 295 g/mol. The van der Waals surface area contributed by atoms with Gasteiger partial charge in [0.15, 0.2) is 0 Å². The van der Waals surface area contributed by atoms with E-state index >= 15 is 0 Å². The van der Waals surface area contributed by atoms with Crippen molar-refractivity contribution in [2.45, 2.75) is 38.7 Å². The number of hydrogen-bond donors (Lipinski definition) is 1. The highest BCUT2D eigenvalue weighted by Gasteiger charge is 2.16. The van der Waals surface area contributed by atoms with Gasteiger partial charge in [0.2, 0.25) is 0 Å². The first-order valence-corrected chi connectivity index (χ1v) is 8.09. The van der Waals surface area contributed by atoms with Crippen molar-refractivity contribution in [3.05, 3.63) is 48.2 Å². The van der Waals surface area contributed by atoms with Crippen molar-refractivity contribution in [3.63, 3.8) is 0 Å². The molecule has 1 aliphatic heterocycles. The van der Waals surface area contributed by atoms with E-state index in [0.29, 0.717) is 5.92 Å². The quantitative estimate of drug-likeness (QED) is 0.931. The molecule has 0 bridgehead atoms. The second-order valence-corrected chi connectivity index (χ2v) is 6.14. The molecule has 3 rings (SSSR count). The molecule has 0 spiro atoms. The van der Waals surface area contributed by atoms with Crippen LogP contribution in [0, 0.1) is 6.20 Å². The van der Waals surface area contributed by atoms with Crippen molar-refractivity contribution in [1.82, 2.24) is 10.3 Å². The fourth-order valence-corrected chi connectivity index (χ4v) is 2.91. The minimum Gasteiger partial charge on any atom is -0.489 e. The van der Waals surface area contributed by atoms with Gasteiger partial charge in [-0.25, -0.2) is 4.98 Å². The Morgan fingerprint density at radius 2 is 2.23 bits per heavy atom. The normalized spacial score (nSPS) is 18.4. The Morgan fingerprint density at radius 3 is 2.91 bits per heavy atom. The zero-order chi connectivity index (χ0) is 15.4. The molecule has 1 atom stereocenters. The molecule has 3 heteroatoms. The summed E-state index contributed by atoms with van der Waals surface area (Å²) in [5, 5.41) is 3.39. The lowest BCUT2D eigenvalue weighted by Crippen LogP contribution is -2.37. The first kappa shape index (κ1) is 15.0. The average molecular weight is 295 g/mol. The molecule has 115 valence electrons. The van der Waals surface area contributed by atoms with Crippen LogP contribution in [-0.2, 0) is 0 Å². The average Bonchev–Trinajstić information content (AvgIpc) is 2.56. The first-order valence-electron chi connectivity index (χ1n) is 8.09. The maximum atomic E-state index is 6.15. The third-order valence-corrected chi connectivity index (χ3v) is 4.09. The summed E-state index contributed by atoms with van der Waals surface area (Å²) in [4.78, 5) is 4.36. The second kappa shape index (κ2) is 6.93. The van der Waals surface area contributed by atoms with Crippen LogP contribution in [0.2, 0.25) is 0 Å². The number of hydrogen-bond acceptors (Lipinski definition) is 3. The summed E-state index contributed by atoms with van der Waals surface area (Å²) in [5.74, 6) is 1.38. The third-order valence-electron chi connectivity index (χ3n) is 4.09. The van der Waals surface area contributed by atoms with Crippen LogP contribution < -0.4 is 10.1 Å². The number of benzene rings is 1. The van der Waals surface area contributed by atoms with Crippen LogP contribution in [0.3, 0.4) is 0 Å². The van der Waals surface area contributed by atoms with Gasteiger partial charge in [0, 0.05) is 12.1 Å². The number of aromatic nitrogens is 1. The fraction of sp³-hybridized carbons (Fsp3) is 0.421. The molecule has 1 aliphatic rings. The molecule has 1 N–H and O–H groups in total. The molecule has 0 saturated carbocycles. The number of nitrogens with zero attached hydrogens (tertiary/aromatic N) is 1. The van der Waals surface area contributed by atoms with Gasteiger partial charge in [-0.15, -0.1) is 0 Å². The van der Waals surface area contributed by atoms with Crippen molar-refractivity contribution in [1.29, 1.82) is 0 Å². The van der Waals surface area contributed by atoms with Gasteiger partial charge < -0.3 is 10.1 Å². The lowest BCUT2D eigenvalue weighted by molar-refractivity contribution is 0.167. The highest BCUT2D eigenvalue weighted by atomic mass is 16.5. The maximum absolute atomic E-state index is 6.15. The van der Waals surface area contributed by atoms with E-state index in [4.69, 9.17) is 4.74 Å². The number of ether oxygens (including phenoxy) is 1. The Bertz CT molecular complexity index is 604. The standard InChI is InChI=1S/C19H23N2O/c1-14(2)18-12-15(22-16-6-5-10-20-13-16)8-9-17(18)19-7-3-4-11-21-19/h3-4,7-9,12,14,16,20H,5-6,10,13H2,1-2H3. The number of nitrogens with one attached hydrogen (secondary N) is 1. The van der Waals surface area contributed by atoms with E-state index in [1.165, 1.54) is 17.5 Å². The van der Waals surface area contributed by atoms with Crippen molar-refractivity contribution in [3.8, 4) is 17.0 Å². The van der Waals surface area contributed by atoms with Crippen LogP contribution in [0.5, 0.6) is 5.75 Å². The van der Waals surface area contributed by atoms with E-state index < -0.39 is 0 Å².